The Hall–Kier alpha value is -7.10. The van der Waals surface area contributed by atoms with Gasteiger partial charge in [-0.2, -0.15) is 0 Å². The van der Waals surface area contributed by atoms with Crippen LogP contribution in [0.5, 0.6) is 11.5 Å². The topological polar surface area (TPSA) is 35.0 Å². The molecule has 2 aliphatic rings. The minimum absolute atomic E-state index is 0.516. The first-order chi connectivity index (χ1) is 26.8. The van der Waals surface area contributed by atoms with Gasteiger partial charge in [-0.1, -0.05) is 176 Å². The fraction of sp³-hybridized carbons (Fsp3) is 0.0196. The van der Waals surface area contributed by atoms with Crippen LogP contribution in [0.2, 0.25) is 0 Å². The number of hydrogen-bond donors (Lipinski definition) is 0. The predicted octanol–water partition coefficient (Wildman–Crippen LogP) is 12.8. The van der Waals surface area contributed by atoms with Crippen LogP contribution in [0.15, 0.2) is 194 Å². The van der Waals surface area contributed by atoms with Crippen molar-refractivity contribution in [2.24, 2.45) is 0 Å². The van der Waals surface area contributed by atoms with Crippen LogP contribution in [0.25, 0.3) is 66.9 Å². The first-order valence-corrected chi connectivity index (χ1v) is 18.4. The SMILES string of the molecule is c1ccc(-c2ccc(-c3nc(-c4cccc(-c5cccc6c5Oc5ccccc5C65c6ccccc6-c6ccccc65)c4)nc4ccccc34)cc2)cc1. The third-order valence-corrected chi connectivity index (χ3v) is 11.2. The van der Waals surface area contributed by atoms with E-state index in [2.05, 4.69) is 182 Å². The van der Waals surface area contributed by atoms with Crippen LogP contribution in [-0.4, -0.2) is 9.97 Å². The lowest BCUT2D eigenvalue weighted by molar-refractivity contribution is 0.438. The molecule has 8 aromatic carbocycles. The van der Waals surface area contributed by atoms with Gasteiger partial charge in [-0.3, -0.25) is 0 Å². The maximum absolute atomic E-state index is 6.97. The summed E-state index contributed by atoms with van der Waals surface area (Å²) in [6.45, 7) is 0. The Labute approximate surface area is 313 Å². The van der Waals surface area contributed by atoms with Crippen LogP contribution in [-0.2, 0) is 5.41 Å². The zero-order chi connectivity index (χ0) is 35.6. The van der Waals surface area contributed by atoms with Gasteiger partial charge in [-0.15, -0.1) is 0 Å². The van der Waals surface area contributed by atoms with Gasteiger partial charge in [0.15, 0.2) is 5.82 Å². The summed E-state index contributed by atoms with van der Waals surface area (Å²) < 4.78 is 6.97. The van der Waals surface area contributed by atoms with Crippen molar-refractivity contribution in [1.29, 1.82) is 0 Å². The highest BCUT2D eigenvalue weighted by Crippen LogP contribution is 2.63. The number of aromatic nitrogens is 2. The van der Waals surface area contributed by atoms with Crippen molar-refractivity contribution < 1.29 is 4.74 Å². The molecule has 3 heteroatoms. The zero-order valence-electron chi connectivity index (χ0n) is 29.3. The Morgan fingerprint density at radius 2 is 0.926 bits per heavy atom. The van der Waals surface area contributed by atoms with E-state index in [1.54, 1.807) is 0 Å². The minimum atomic E-state index is -0.516. The quantitative estimate of drug-likeness (QED) is 0.185. The number of rotatable bonds is 4. The highest BCUT2D eigenvalue weighted by atomic mass is 16.5. The summed E-state index contributed by atoms with van der Waals surface area (Å²) in [6, 6.07) is 68.8. The molecule has 0 N–H and O–H groups in total. The molecule has 0 unspecified atom stereocenters. The van der Waals surface area contributed by atoms with E-state index in [0.717, 1.165) is 61.5 Å². The second kappa shape index (κ2) is 12.0. The molecule has 0 saturated carbocycles. The smallest absolute Gasteiger partial charge is 0.160 e. The third-order valence-electron chi connectivity index (χ3n) is 11.2. The van der Waals surface area contributed by atoms with Crippen molar-refractivity contribution in [3.05, 3.63) is 216 Å². The summed E-state index contributed by atoms with van der Waals surface area (Å²) in [5.74, 6) is 2.43. The largest absolute Gasteiger partial charge is 0.456 e. The maximum Gasteiger partial charge on any atom is 0.160 e. The fourth-order valence-corrected chi connectivity index (χ4v) is 8.81. The maximum atomic E-state index is 6.97. The lowest BCUT2D eigenvalue weighted by Gasteiger charge is -2.40. The number of hydrogen-bond acceptors (Lipinski definition) is 3. The molecule has 1 aliphatic heterocycles. The van der Waals surface area contributed by atoms with Gasteiger partial charge in [0.25, 0.3) is 0 Å². The molecule has 11 rings (SSSR count). The van der Waals surface area contributed by atoms with Crippen LogP contribution in [0.4, 0.5) is 0 Å². The van der Waals surface area contributed by atoms with E-state index >= 15 is 0 Å². The number of nitrogens with zero attached hydrogens (tertiary/aromatic N) is 2. The molecule has 0 bridgehead atoms. The summed E-state index contributed by atoms with van der Waals surface area (Å²) in [7, 11) is 0. The summed E-state index contributed by atoms with van der Waals surface area (Å²) in [6.07, 6.45) is 0. The Kier molecular flexibility index (Phi) is 6.77. The lowest BCUT2D eigenvalue weighted by atomic mass is 9.65. The van der Waals surface area contributed by atoms with E-state index in [0.29, 0.717) is 5.82 Å². The molecule has 0 radical (unpaired) electrons. The summed E-state index contributed by atoms with van der Waals surface area (Å²) in [5.41, 5.74) is 15.1. The molecule has 0 saturated heterocycles. The van der Waals surface area contributed by atoms with E-state index in [4.69, 9.17) is 14.7 Å². The molecule has 1 aromatic heterocycles. The summed E-state index contributed by atoms with van der Waals surface area (Å²) in [4.78, 5) is 10.4. The van der Waals surface area contributed by atoms with Crippen LogP contribution >= 0.6 is 0 Å². The minimum Gasteiger partial charge on any atom is -0.456 e. The number of fused-ring (bicyclic) bond motifs is 10. The number of ether oxygens (including phenoxy) is 1. The van der Waals surface area contributed by atoms with Crippen LogP contribution in [0, 0.1) is 0 Å². The number of para-hydroxylation sites is 3. The molecule has 0 amide bonds. The first-order valence-electron chi connectivity index (χ1n) is 18.4. The molecular weight excluding hydrogens is 657 g/mol. The molecule has 54 heavy (non-hydrogen) atoms. The van der Waals surface area contributed by atoms with Crippen molar-refractivity contribution in [2.75, 3.05) is 0 Å². The Morgan fingerprint density at radius 3 is 1.72 bits per heavy atom. The highest BCUT2D eigenvalue weighted by molar-refractivity contribution is 5.95. The first kappa shape index (κ1) is 30.5. The van der Waals surface area contributed by atoms with Crippen LogP contribution < -0.4 is 4.74 Å². The van der Waals surface area contributed by atoms with Gasteiger partial charge < -0.3 is 4.74 Å². The van der Waals surface area contributed by atoms with Gasteiger partial charge in [-0.05, 0) is 57.1 Å². The van der Waals surface area contributed by atoms with Gasteiger partial charge in [-0.25, -0.2) is 9.97 Å². The van der Waals surface area contributed by atoms with Gasteiger partial charge >= 0.3 is 0 Å². The number of benzene rings is 8. The van der Waals surface area contributed by atoms with Crippen LogP contribution in [0.1, 0.15) is 22.3 Å². The van der Waals surface area contributed by atoms with E-state index in [1.165, 1.54) is 33.4 Å². The standard InChI is InChI=1S/C51H32N2O/c1-2-14-33(15-3-1)34-28-30-35(31-29-34)48-41-20-6-10-26-46(41)52-50(53-48)37-17-12-16-36(32-37)38-21-13-25-45-49(38)54-47-27-11-9-24-44(47)51(45)42-22-7-4-18-39(42)40-19-5-8-23-43(40)51/h1-32H. The van der Waals surface area contributed by atoms with Crippen molar-refractivity contribution in [1.82, 2.24) is 9.97 Å². The van der Waals surface area contributed by atoms with Gasteiger partial charge in [0.2, 0.25) is 0 Å². The van der Waals surface area contributed by atoms with Crippen molar-refractivity contribution in [3.8, 4) is 67.5 Å². The van der Waals surface area contributed by atoms with Crippen molar-refractivity contribution >= 4 is 10.9 Å². The zero-order valence-corrected chi connectivity index (χ0v) is 29.3. The van der Waals surface area contributed by atoms with E-state index in [9.17, 15) is 0 Å². The second-order valence-electron chi connectivity index (χ2n) is 14.1. The van der Waals surface area contributed by atoms with Crippen molar-refractivity contribution in [2.45, 2.75) is 5.41 Å². The third kappa shape index (κ3) is 4.49. The molecule has 2 heterocycles. The molecule has 0 fully saturated rings. The Bertz CT molecular complexity index is 2870. The predicted molar refractivity (Wildman–Crippen MR) is 219 cm³/mol. The second-order valence-corrected chi connectivity index (χ2v) is 14.1. The summed E-state index contributed by atoms with van der Waals surface area (Å²) in [5, 5.41) is 1.02. The van der Waals surface area contributed by atoms with Crippen molar-refractivity contribution in [3.63, 3.8) is 0 Å². The lowest BCUT2D eigenvalue weighted by Crippen LogP contribution is -2.32. The van der Waals surface area contributed by atoms with E-state index in [-0.39, 0.29) is 0 Å². The average Bonchev–Trinajstić information content (AvgIpc) is 3.54. The monoisotopic (exact) mass is 688 g/mol. The Balaban J connectivity index is 1.07. The molecule has 9 aromatic rings. The molecule has 3 nitrogen and oxygen atoms in total. The van der Waals surface area contributed by atoms with Crippen LogP contribution in [0.3, 0.4) is 0 Å². The normalized spacial score (nSPS) is 13.1. The molecule has 1 spiro atoms. The van der Waals surface area contributed by atoms with Gasteiger partial charge in [0.05, 0.1) is 16.6 Å². The molecular formula is C51H32N2O. The Morgan fingerprint density at radius 1 is 0.370 bits per heavy atom. The van der Waals surface area contributed by atoms with E-state index < -0.39 is 5.41 Å². The molecule has 1 aliphatic carbocycles. The summed E-state index contributed by atoms with van der Waals surface area (Å²) >= 11 is 0. The molecule has 0 atom stereocenters. The average molecular weight is 689 g/mol. The molecule has 252 valence electrons. The van der Waals surface area contributed by atoms with Gasteiger partial charge in [0, 0.05) is 33.2 Å². The highest BCUT2D eigenvalue weighted by Gasteiger charge is 2.51. The van der Waals surface area contributed by atoms with E-state index in [1.807, 2.05) is 12.1 Å². The van der Waals surface area contributed by atoms with Gasteiger partial charge in [0.1, 0.15) is 11.5 Å². The fourth-order valence-electron chi connectivity index (χ4n) is 8.81.